The third kappa shape index (κ3) is 4.89. The minimum absolute atomic E-state index is 0.0430. The number of ether oxygens (including phenoxy) is 1. The fourth-order valence-electron chi connectivity index (χ4n) is 1.27. The van der Waals surface area contributed by atoms with E-state index in [4.69, 9.17) is 4.74 Å². The summed E-state index contributed by atoms with van der Waals surface area (Å²) < 4.78 is 5.99. The highest BCUT2D eigenvalue weighted by Gasteiger charge is 2.10. The molecule has 0 aliphatic rings. The molecule has 0 saturated heterocycles. The molecule has 4 nitrogen and oxygen atoms in total. The lowest BCUT2D eigenvalue weighted by molar-refractivity contribution is 0.0924. The molecule has 0 aliphatic heterocycles. The first-order chi connectivity index (χ1) is 8.50. The van der Waals surface area contributed by atoms with Crippen LogP contribution in [0, 0.1) is 0 Å². The predicted molar refractivity (Wildman–Crippen MR) is 73.8 cm³/mol. The average molecular weight is 314 g/mol. The molecule has 2 N–H and O–H groups in total. The molecule has 1 rings (SSSR count). The highest BCUT2D eigenvalue weighted by atomic mass is 79.9. The Morgan fingerprint density at radius 2 is 2.28 bits per heavy atom. The van der Waals surface area contributed by atoms with E-state index < -0.39 is 0 Å². The van der Waals surface area contributed by atoms with Crippen molar-refractivity contribution < 1.29 is 14.6 Å². The van der Waals surface area contributed by atoms with E-state index in [1.165, 1.54) is 6.07 Å². The van der Waals surface area contributed by atoms with E-state index in [2.05, 4.69) is 27.8 Å². The molecule has 1 aromatic rings. The number of halogens is 1. The molecular weight excluding hydrogens is 298 g/mol. The summed E-state index contributed by atoms with van der Waals surface area (Å²) in [5, 5.41) is 12.2. The summed E-state index contributed by atoms with van der Waals surface area (Å²) in [7, 11) is 0. The Balaban J connectivity index is 2.41. The summed E-state index contributed by atoms with van der Waals surface area (Å²) in [6, 6.07) is 4.71. The Kier molecular flexibility index (Phi) is 5.88. The van der Waals surface area contributed by atoms with E-state index in [1.54, 1.807) is 12.1 Å². The van der Waals surface area contributed by atoms with Gasteiger partial charge in [-0.3, -0.25) is 4.79 Å². The van der Waals surface area contributed by atoms with Gasteiger partial charge in [0.15, 0.2) is 0 Å². The molecule has 0 spiro atoms. The van der Waals surface area contributed by atoms with Crippen LogP contribution in [0.25, 0.3) is 0 Å². The number of carbonyl (C=O) groups is 1. The second kappa shape index (κ2) is 7.18. The number of phenols is 1. The Hall–Kier alpha value is -1.33. The number of phenolic OH excluding ortho intramolecular Hbond substituents is 1. The smallest absolute Gasteiger partial charge is 0.255 e. The van der Waals surface area contributed by atoms with E-state index in [0.717, 1.165) is 10.0 Å². The molecule has 1 aromatic carbocycles. The molecule has 0 aromatic heterocycles. The summed E-state index contributed by atoms with van der Waals surface area (Å²) in [5.74, 6) is -0.369. The third-order valence-corrected chi connectivity index (χ3v) is 2.58. The lowest BCUT2D eigenvalue weighted by Crippen LogP contribution is -2.27. The fourth-order valence-corrected chi connectivity index (χ4v) is 1.63. The van der Waals surface area contributed by atoms with E-state index in [1.807, 2.05) is 6.92 Å². The average Bonchev–Trinajstić information content (AvgIpc) is 2.31. The van der Waals surface area contributed by atoms with E-state index >= 15 is 0 Å². The van der Waals surface area contributed by atoms with Crippen molar-refractivity contribution in [3.8, 4) is 5.75 Å². The van der Waals surface area contributed by atoms with Gasteiger partial charge < -0.3 is 15.2 Å². The van der Waals surface area contributed by atoms with E-state index in [0.29, 0.717) is 19.8 Å². The molecule has 0 unspecified atom stereocenters. The Morgan fingerprint density at radius 3 is 2.94 bits per heavy atom. The van der Waals surface area contributed by atoms with Crippen LogP contribution in [-0.2, 0) is 4.74 Å². The molecule has 0 bridgehead atoms. The van der Waals surface area contributed by atoms with Gasteiger partial charge in [0.2, 0.25) is 0 Å². The predicted octanol–water partition coefficient (Wildman–Crippen LogP) is 2.48. The number of hydrogen-bond donors (Lipinski definition) is 2. The van der Waals surface area contributed by atoms with Gasteiger partial charge in [0.05, 0.1) is 18.8 Å². The maximum atomic E-state index is 11.7. The summed E-state index contributed by atoms with van der Waals surface area (Å²) >= 11 is 3.25. The van der Waals surface area contributed by atoms with Gasteiger partial charge in [0.1, 0.15) is 5.75 Å². The van der Waals surface area contributed by atoms with Crippen molar-refractivity contribution in [3.63, 3.8) is 0 Å². The van der Waals surface area contributed by atoms with Gasteiger partial charge in [-0.15, -0.1) is 0 Å². The molecule has 0 fully saturated rings. The van der Waals surface area contributed by atoms with Gasteiger partial charge in [-0.25, -0.2) is 0 Å². The number of amides is 1. The van der Waals surface area contributed by atoms with Crippen LogP contribution in [0.15, 0.2) is 34.8 Å². The Bertz CT molecular complexity index is 446. The molecule has 0 aliphatic carbocycles. The topological polar surface area (TPSA) is 58.6 Å². The maximum Gasteiger partial charge on any atom is 0.255 e. The monoisotopic (exact) mass is 313 g/mol. The third-order valence-electron chi connectivity index (χ3n) is 2.08. The SMILES string of the molecule is C=C(C)COCCNC(=O)c1cc(Br)ccc1O. The molecule has 18 heavy (non-hydrogen) atoms. The first kappa shape index (κ1) is 14.7. The van der Waals surface area contributed by atoms with Crippen molar-refractivity contribution in [3.05, 3.63) is 40.4 Å². The van der Waals surface area contributed by atoms with Crippen molar-refractivity contribution in [2.24, 2.45) is 0 Å². The number of benzene rings is 1. The van der Waals surface area contributed by atoms with Crippen LogP contribution < -0.4 is 5.32 Å². The highest BCUT2D eigenvalue weighted by Crippen LogP contribution is 2.21. The second-order valence-corrected chi connectivity index (χ2v) is 4.84. The molecule has 98 valence electrons. The van der Waals surface area contributed by atoms with E-state index in [9.17, 15) is 9.90 Å². The summed E-state index contributed by atoms with van der Waals surface area (Å²) in [6.45, 7) is 6.86. The summed E-state index contributed by atoms with van der Waals surface area (Å²) in [4.78, 5) is 11.7. The van der Waals surface area contributed by atoms with Crippen molar-refractivity contribution in [2.45, 2.75) is 6.92 Å². The normalized spacial score (nSPS) is 10.1. The maximum absolute atomic E-state index is 11.7. The van der Waals surface area contributed by atoms with Gasteiger partial charge in [-0.1, -0.05) is 28.1 Å². The minimum Gasteiger partial charge on any atom is -0.507 e. The number of aromatic hydroxyl groups is 1. The molecular formula is C13H16BrNO3. The van der Waals surface area contributed by atoms with Crippen molar-refractivity contribution in [1.82, 2.24) is 5.32 Å². The van der Waals surface area contributed by atoms with Crippen LogP contribution in [0.3, 0.4) is 0 Å². The van der Waals surface area contributed by atoms with Crippen molar-refractivity contribution in [1.29, 1.82) is 0 Å². The quantitative estimate of drug-likeness (QED) is 0.626. The van der Waals surface area contributed by atoms with E-state index in [-0.39, 0.29) is 17.2 Å². The van der Waals surface area contributed by atoms with Crippen LogP contribution in [0.2, 0.25) is 0 Å². The zero-order valence-electron chi connectivity index (χ0n) is 10.2. The molecule has 0 heterocycles. The molecule has 1 amide bonds. The van der Waals surface area contributed by atoms with Gasteiger partial charge >= 0.3 is 0 Å². The number of nitrogens with one attached hydrogen (secondary N) is 1. The van der Waals surface area contributed by atoms with Gasteiger partial charge in [0.25, 0.3) is 5.91 Å². The minimum atomic E-state index is -0.326. The molecule has 0 radical (unpaired) electrons. The van der Waals surface area contributed by atoms with Crippen LogP contribution >= 0.6 is 15.9 Å². The molecule has 0 atom stereocenters. The fraction of sp³-hybridized carbons (Fsp3) is 0.308. The largest absolute Gasteiger partial charge is 0.507 e. The zero-order valence-corrected chi connectivity index (χ0v) is 11.8. The van der Waals surface area contributed by atoms with Crippen LogP contribution in [0.5, 0.6) is 5.75 Å². The second-order valence-electron chi connectivity index (χ2n) is 3.93. The first-order valence-corrected chi connectivity index (χ1v) is 6.29. The molecule has 5 heteroatoms. The molecule has 0 saturated carbocycles. The number of rotatable bonds is 6. The van der Waals surface area contributed by atoms with Gasteiger partial charge in [-0.05, 0) is 25.1 Å². The first-order valence-electron chi connectivity index (χ1n) is 5.49. The zero-order chi connectivity index (χ0) is 13.5. The summed E-state index contributed by atoms with van der Waals surface area (Å²) in [6.07, 6.45) is 0. The van der Waals surface area contributed by atoms with Crippen molar-refractivity contribution >= 4 is 21.8 Å². The van der Waals surface area contributed by atoms with Crippen LogP contribution in [0.4, 0.5) is 0 Å². The van der Waals surface area contributed by atoms with Gasteiger partial charge in [0, 0.05) is 11.0 Å². The lowest BCUT2D eigenvalue weighted by Gasteiger charge is -2.08. The van der Waals surface area contributed by atoms with Crippen LogP contribution in [0.1, 0.15) is 17.3 Å². The highest BCUT2D eigenvalue weighted by molar-refractivity contribution is 9.10. The Morgan fingerprint density at radius 1 is 1.56 bits per heavy atom. The lowest BCUT2D eigenvalue weighted by atomic mass is 10.2. The number of hydrogen-bond acceptors (Lipinski definition) is 3. The summed E-state index contributed by atoms with van der Waals surface area (Å²) in [5.41, 5.74) is 1.18. The number of carbonyl (C=O) groups excluding carboxylic acids is 1. The van der Waals surface area contributed by atoms with Crippen LogP contribution in [-0.4, -0.2) is 30.8 Å². The standard InChI is InChI=1S/C13H16BrNO3/c1-9(2)8-18-6-5-15-13(17)11-7-10(14)3-4-12(11)16/h3-4,7,16H,1,5-6,8H2,2H3,(H,15,17). The van der Waals surface area contributed by atoms with Crippen molar-refractivity contribution in [2.75, 3.05) is 19.8 Å². The Labute approximate surface area is 115 Å². The van der Waals surface area contributed by atoms with Gasteiger partial charge in [-0.2, -0.15) is 0 Å².